The van der Waals surface area contributed by atoms with Gasteiger partial charge in [-0.05, 0) is 38.1 Å². The molecule has 0 radical (unpaired) electrons. The van der Waals surface area contributed by atoms with E-state index in [0.29, 0.717) is 25.3 Å². The summed E-state index contributed by atoms with van der Waals surface area (Å²) in [6.07, 6.45) is -0.465. The van der Waals surface area contributed by atoms with Crippen LogP contribution in [0.25, 0.3) is 0 Å². The number of amides is 1. The van der Waals surface area contributed by atoms with Gasteiger partial charge in [0.05, 0.1) is 42.4 Å². The minimum absolute atomic E-state index is 0.00632. The normalized spacial score (nSPS) is 19.6. The van der Waals surface area contributed by atoms with Crippen molar-refractivity contribution in [2.75, 3.05) is 25.1 Å². The molecule has 27 heavy (non-hydrogen) atoms. The lowest BCUT2D eigenvalue weighted by molar-refractivity contribution is 0.0807. The fraction of sp³-hybridized carbons (Fsp3) is 0.500. The summed E-state index contributed by atoms with van der Waals surface area (Å²) in [6.45, 7) is 8.26. The molecule has 2 aromatic rings. The molecule has 0 saturated carbocycles. The molecular weight excluding hydrogens is 344 g/mol. The van der Waals surface area contributed by atoms with E-state index in [1.54, 1.807) is 4.68 Å². The van der Waals surface area contributed by atoms with E-state index in [1.807, 2.05) is 45.2 Å². The van der Waals surface area contributed by atoms with Crippen molar-refractivity contribution in [2.24, 2.45) is 7.05 Å². The SMILES string of the molecule is CCN(Cc1cccc(C(=O)Nc2c(C)nn(C)c2C)c1)[C@@H]1COC[C@H]1O. The minimum Gasteiger partial charge on any atom is -0.389 e. The van der Waals surface area contributed by atoms with Gasteiger partial charge < -0.3 is 15.2 Å². The van der Waals surface area contributed by atoms with Gasteiger partial charge in [0.15, 0.2) is 0 Å². The molecule has 1 aromatic carbocycles. The lowest BCUT2D eigenvalue weighted by Gasteiger charge is -2.28. The van der Waals surface area contributed by atoms with Crippen LogP contribution in [0.15, 0.2) is 24.3 Å². The minimum atomic E-state index is -0.465. The Labute approximate surface area is 159 Å². The summed E-state index contributed by atoms with van der Waals surface area (Å²) in [6, 6.07) is 7.60. The first-order valence-electron chi connectivity index (χ1n) is 9.31. The number of nitrogens with zero attached hydrogens (tertiary/aromatic N) is 3. The molecular formula is C20H28N4O3. The van der Waals surface area contributed by atoms with Gasteiger partial charge in [-0.2, -0.15) is 5.10 Å². The van der Waals surface area contributed by atoms with Crippen molar-refractivity contribution >= 4 is 11.6 Å². The van der Waals surface area contributed by atoms with Crippen molar-refractivity contribution in [3.05, 3.63) is 46.8 Å². The third kappa shape index (κ3) is 4.21. The second-order valence-corrected chi connectivity index (χ2v) is 7.06. The zero-order valence-corrected chi connectivity index (χ0v) is 16.4. The van der Waals surface area contributed by atoms with Crippen molar-refractivity contribution in [1.82, 2.24) is 14.7 Å². The molecule has 2 atom stereocenters. The number of hydrogen-bond donors (Lipinski definition) is 2. The monoisotopic (exact) mass is 372 g/mol. The number of anilines is 1. The number of aliphatic hydroxyl groups excluding tert-OH is 1. The van der Waals surface area contributed by atoms with E-state index in [2.05, 4.69) is 22.2 Å². The first kappa shape index (κ1) is 19.5. The number of aromatic nitrogens is 2. The Balaban J connectivity index is 1.73. The number of nitrogens with one attached hydrogen (secondary N) is 1. The zero-order valence-electron chi connectivity index (χ0n) is 16.4. The zero-order chi connectivity index (χ0) is 19.6. The number of hydrogen-bond acceptors (Lipinski definition) is 5. The summed E-state index contributed by atoms with van der Waals surface area (Å²) >= 11 is 0. The Morgan fingerprint density at radius 2 is 2.19 bits per heavy atom. The van der Waals surface area contributed by atoms with E-state index >= 15 is 0 Å². The number of carbonyl (C=O) groups excluding carboxylic acids is 1. The summed E-state index contributed by atoms with van der Waals surface area (Å²) in [5, 5.41) is 17.4. The predicted molar refractivity (Wildman–Crippen MR) is 104 cm³/mol. The van der Waals surface area contributed by atoms with Crippen LogP contribution in [0.1, 0.15) is 34.2 Å². The number of aliphatic hydroxyl groups is 1. The number of aryl methyl sites for hydroxylation is 2. The van der Waals surface area contributed by atoms with Gasteiger partial charge in [0, 0.05) is 19.2 Å². The molecule has 0 unspecified atom stereocenters. The van der Waals surface area contributed by atoms with Gasteiger partial charge in [-0.3, -0.25) is 14.4 Å². The Bertz CT molecular complexity index is 818. The Morgan fingerprint density at radius 3 is 2.78 bits per heavy atom. The highest BCUT2D eigenvalue weighted by atomic mass is 16.5. The van der Waals surface area contributed by atoms with Crippen LogP contribution in [-0.2, 0) is 18.3 Å². The van der Waals surface area contributed by atoms with E-state index < -0.39 is 6.10 Å². The van der Waals surface area contributed by atoms with Crippen molar-refractivity contribution in [1.29, 1.82) is 0 Å². The van der Waals surface area contributed by atoms with Crippen LogP contribution < -0.4 is 5.32 Å². The van der Waals surface area contributed by atoms with Gasteiger partial charge in [-0.25, -0.2) is 0 Å². The molecule has 1 amide bonds. The largest absolute Gasteiger partial charge is 0.389 e. The molecule has 146 valence electrons. The average Bonchev–Trinajstić information content (AvgIpc) is 3.18. The number of ether oxygens (including phenoxy) is 1. The summed E-state index contributed by atoms with van der Waals surface area (Å²) < 4.78 is 7.14. The molecule has 2 N–H and O–H groups in total. The average molecular weight is 372 g/mol. The number of rotatable bonds is 6. The number of benzene rings is 1. The van der Waals surface area contributed by atoms with Crippen LogP contribution in [-0.4, -0.2) is 57.6 Å². The van der Waals surface area contributed by atoms with E-state index in [0.717, 1.165) is 29.2 Å². The molecule has 1 fully saturated rings. The highest BCUT2D eigenvalue weighted by molar-refractivity contribution is 6.05. The maximum absolute atomic E-state index is 12.7. The molecule has 1 aliphatic heterocycles. The maximum atomic E-state index is 12.7. The van der Waals surface area contributed by atoms with Crippen molar-refractivity contribution in [3.63, 3.8) is 0 Å². The molecule has 2 heterocycles. The van der Waals surface area contributed by atoms with E-state index in [1.165, 1.54) is 0 Å². The molecule has 1 aliphatic rings. The Morgan fingerprint density at radius 1 is 1.41 bits per heavy atom. The molecule has 3 rings (SSSR count). The third-order valence-corrected chi connectivity index (χ3v) is 5.22. The summed E-state index contributed by atoms with van der Waals surface area (Å²) in [5.74, 6) is -0.150. The quantitative estimate of drug-likeness (QED) is 0.809. The van der Waals surface area contributed by atoms with Crippen LogP contribution in [0.4, 0.5) is 5.69 Å². The Hall–Kier alpha value is -2.22. The van der Waals surface area contributed by atoms with Gasteiger partial charge in [0.1, 0.15) is 0 Å². The van der Waals surface area contributed by atoms with Gasteiger partial charge in [-0.1, -0.05) is 19.1 Å². The van der Waals surface area contributed by atoms with Crippen LogP contribution >= 0.6 is 0 Å². The highest BCUT2D eigenvalue weighted by Crippen LogP contribution is 2.21. The molecule has 0 spiro atoms. The van der Waals surface area contributed by atoms with Crippen LogP contribution in [0.5, 0.6) is 0 Å². The van der Waals surface area contributed by atoms with E-state index in [-0.39, 0.29) is 11.9 Å². The lowest BCUT2D eigenvalue weighted by atomic mass is 10.1. The van der Waals surface area contributed by atoms with E-state index in [4.69, 9.17) is 4.74 Å². The Kier molecular flexibility index (Phi) is 5.94. The van der Waals surface area contributed by atoms with Crippen molar-refractivity contribution < 1.29 is 14.6 Å². The van der Waals surface area contributed by atoms with Gasteiger partial charge >= 0.3 is 0 Å². The molecule has 0 aliphatic carbocycles. The van der Waals surface area contributed by atoms with Crippen LogP contribution in [0.3, 0.4) is 0 Å². The smallest absolute Gasteiger partial charge is 0.255 e. The lowest BCUT2D eigenvalue weighted by Crippen LogP contribution is -2.42. The van der Waals surface area contributed by atoms with Crippen LogP contribution in [0.2, 0.25) is 0 Å². The first-order valence-corrected chi connectivity index (χ1v) is 9.31. The topological polar surface area (TPSA) is 79.6 Å². The molecule has 1 aromatic heterocycles. The fourth-order valence-electron chi connectivity index (χ4n) is 3.53. The fourth-order valence-corrected chi connectivity index (χ4v) is 3.53. The maximum Gasteiger partial charge on any atom is 0.255 e. The number of likely N-dealkylation sites (N-methyl/N-ethyl adjacent to an activating group) is 1. The van der Waals surface area contributed by atoms with E-state index in [9.17, 15) is 9.90 Å². The molecule has 7 nitrogen and oxygen atoms in total. The molecule has 0 bridgehead atoms. The first-order chi connectivity index (χ1) is 12.9. The third-order valence-electron chi connectivity index (χ3n) is 5.22. The summed E-state index contributed by atoms with van der Waals surface area (Å²) in [5.41, 5.74) is 4.11. The second-order valence-electron chi connectivity index (χ2n) is 7.06. The van der Waals surface area contributed by atoms with Crippen molar-refractivity contribution in [2.45, 2.75) is 39.5 Å². The summed E-state index contributed by atoms with van der Waals surface area (Å²) in [7, 11) is 1.86. The van der Waals surface area contributed by atoms with Crippen LogP contribution in [0, 0.1) is 13.8 Å². The standard InChI is InChI=1S/C20H28N4O3/c1-5-24(17-11-27-12-18(17)25)10-15-7-6-8-16(9-15)20(26)21-19-13(2)22-23(4)14(19)3/h6-9,17-18,25H,5,10-12H2,1-4H3,(H,21,26)/t17-,18-/m1/s1. The molecule has 1 saturated heterocycles. The highest BCUT2D eigenvalue weighted by Gasteiger charge is 2.30. The van der Waals surface area contributed by atoms with Gasteiger partial charge in [-0.15, -0.1) is 0 Å². The number of carbonyl (C=O) groups is 1. The molecule has 7 heteroatoms. The predicted octanol–water partition coefficient (Wildman–Crippen LogP) is 1.87. The second kappa shape index (κ2) is 8.21. The van der Waals surface area contributed by atoms with Gasteiger partial charge in [0.2, 0.25) is 0 Å². The van der Waals surface area contributed by atoms with Gasteiger partial charge in [0.25, 0.3) is 5.91 Å². The van der Waals surface area contributed by atoms with Crippen molar-refractivity contribution in [3.8, 4) is 0 Å². The summed E-state index contributed by atoms with van der Waals surface area (Å²) in [4.78, 5) is 14.9.